The molecule has 5 aromatic heterocycles. The summed E-state index contributed by atoms with van der Waals surface area (Å²) in [5.74, 6) is 0.269. The minimum absolute atomic E-state index is 0.320. The van der Waals surface area contributed by atoms with Crippen molar-refractivity contribution in [3.8, 4) is 34.2 Å². The van der Waals surface area contributed by atoms with Crippen molar-refractivity contribution in [3.05, 3.63) is 79.0 Å². The Labute approximate surface area is 175 Å². The molecule has 6 rings (SSSR count). The lowest BCUT2D eigenvalue weighted by atomic mass is 10.1. The predicted octanol–water partition coefficient (Wildman–Crippen LogP) is 4.76. The number of benzene rings is 1. The van der Waals surface area contributed by atoms with Gasteiger partial charge in [0, 0.05) is 23.3 Å². The fourth-order valence-electron chi connectivity index (χ4n) is 3.65. The van der Waals surface area contributed by atoms with Crippen LogP contribution in [0.15, 0.2) is 73.2 Å². The zero-order valence-corrected chi connectivity index (χ0v) is 16.0. The van der Waals surface area contributed by atoms with E-state index in [0.717, 1.165) is 27.8 Å². The van der Waals surface area contributed by atoms with E-state index in [1.807, 2.05) is 36.4 Å². The van der Waals surface area contributed by atoms with Gasteiger partial charge in [-0.15, -0.1) is 0 Å². The average Bonchev–Trinajstić information content (AvgIpc) is 3.43. The molecule has 0 saturated carbocycles. The van der Waals surface area contributed by atoms with Crippen molar-refractivity contribution in [2.75, 3.05) is 0 Å². The molecule has 0 fully saturated rings. The third kappa shape index (κ3) is 2.93. The van der Waals surface area contributed by atoms with Crippen LogP contribution in [0.4, 0.5) is 4.39 Å². The van der Waals surface area contributed by atoms with Crippen molar-refractivity contribution < 1.29 is 4.39 Å². The Hall–Kier alpha value is -4.46. The summed E-state index contributed by atoms with van der Waals surface area (Å²) in [6, 6.07) is 15.8. The van der Waals surface area contributed by atoms with Gasteiger partial charge in [0.1, 0.15) is 17.0 Å². The Morgan fingerprint density at radius 1 is 0.774 bits per heavy atom. The second kappa shape index (κ2) is 6.81. The zero-order valence-electron chi connectivity index (χ0n) is 16.0. The number of aromatic amines is 2. The van der Waals surface area contributed by atoms with Gasteiger partial charge in [0.2, 0.25) is 0 Å². The van der Waals surface area contributed by atoms with Crippen molar-refractivity contribution in [1.29, 1.82) is 0 Å². The molecule has 0 radical (unpaired) electrons. The van der Waals surface area contributed by atoms with Crippen molar-refractivity contribution in [3.63, 3.8) is 0 Å². The summed E-state index contributed by atoms with van der Waals surface area (Å²) < 4.78 is 13.8. The summed E-state index contributed by atoms with van der Waals surface area (Å²) in [6.45, 7) is 0. The standard InChI is InChI=1S/C23H14FN7/c24-14-5-3-4-13(10-14)20-22-17(7-9-26-20)28-23(29-22)21-15-11-18(16-6-1-2-8-25-16)27-12-19(15)30-31-21/h1-12H,(H,28,29)(H,30,31). The number of imidazole rings is 1. The van der Waals surface area contributed by atoms with E-state index < -0.39 is 0 Å². The van der Waals surface area contributed by atoms with Crippen LogP contribution < -0.4 is 0 Å². The van der Waals surface area contributed by atoms with Gasteiger partial charge >= 0.3 is 0 Å². The number of nitrogens with zero attached hydrogens (tertiary/aromatic N) is 5. The Balaban J connectivity index is 1.52. The monoisotopic (exact) mass is 407 g/mol. The molecule has 5 heterocycles. The average molecular weight is 407 g/mol. The largest absolute Gasteiger partial charge is 0.336 e. The highest BCUT2D eigenvalue weighted by molar-refractivity contribution is 5.96. The maximum absolute atomic E-state index is 13.8. The first-order chi connectivity index (χ1) is 15.3. The fraction of sp³-hybridized carbons (Fsp3) is 0. The van der Waals surface area contributed by atoms with E-state index in [2.05, 4.69) is 30.1 Å². The SMILES string of the molecule is Fc1cccc(-c2nccc3[nH]c(-c4n[nH]c5cnc(-c6ccccn6)cc45)nc23)c1. The molecule has 0 saturated heterocycles. The quantitative estimate of drug-likeness (QED) is 0.441. The second-order valence-electron chi connectivity index (χ2n) is 7.05. The lowest BCUT2D eigenvalue weighted by molar-refractivity contribution is 0.628. The fourth-order valence-corrected chi connectivity index (χ4v) is 3.65. The molecule has 0 amide bonds. The summed E-state index contributed by atoms with van der Waals surface area (Å²) in [4.78, 5) is 21.4. The molecule has 0 bridgehead atoms. The highest BCUT2D eigenvalue weighted by atomic mass is 19.1. The Bertz CT molecular complexity index is 1550. The lowest BCUT2D eigenvalue weighted by Gasteiger charge is -2.01. The second-order valence-corrected chi connectivity index (χ2v) is 7.05. The normalized spacial score (nSPS) is 11.4. The van der Waals surface area contributed by atoms with Gasteiger partial charge in [-0.05, 0) is 36.4 Å². The Kier molecular flexibility index (Phi) is 3.82. The number of fused-ring (bicyclic) bond motifs is 2. The van der Waals surface area contributed by atoms with Gasteiger partial charge in [0.25, 0.3) is 0 Å². The first kappa shape index (κ1) is 17.4. The molecule has 0 unspecified atom stereocenters. The number of nitrogens with one attached hydrogen (secondary N) is 2. The predicted molar refractivity (Wildman–Crippen MR) is 115 cm³/mol. The molecule has 1 aromatic carbocycles. The molecule has 0 spiro atoms. The van der Waals surface area contributed by atoms with Crippen molar-refractivity contribution >= 4 is 21.9 Å². The molecule has 2 N–H and O–H groups in total. The number of hydrogen-bond donors (Lipinski definition) is 2. The minimum Gasteiger partial charge on any atom is -0.336 e. The van der Waals surface area contributed by atoms with Crippen molar-refractivity contribution in [1.82, 2.24) is 35.1 Å². The molecule has 6 aromatic rings. The topological polar surface area (TPSA) is 96.0 Å². The number of halogens is 1. The highest BCUT2D eigenvalue weighted by Crippen LogP contribution is 2.31. The number of rotatable bonds is 3. The molecular weight excluding hydrogens is 393 g/mol. The van der Waals surface area contributed by atoms with Crippen molar-refractivity contribution in [2.45, 2.75) is 0 Å². The number of aromatic nitrogens is 7. The van der Waals surface area contributed by atoms with Crippen LogP contribution in [0.1, 0.15) is 0 Å². The first-order valence-corrected chi connectivity index (χ1v) is 9.63. The van der Waals surface area contributed by atoms with Crippen LogP contribution >= 0.6 is 0 Å². The number of hydrogen-bond acceptors (Lipinski definition) is 5. The van der Waals surface area contributed by atoms with Gasteiger partial charge in [-0.2, -0.15) is 5.10 Å². The molecule has 0 atom stereocenters. The Morgan fingerprint density at radius 3 is 2.61 bits per heavy atom. The van der Waals surface area contributed by atoms with E-state index in [-0.39, 0.29) is 5.82 Å². The lowest BCUT2D eigenvalue weighted by Crippen LogP contribution is -1.87. The summed E-state index contributed by atoms with van der Waals surface area (Å²) in [6.07, 6.45) is 5.15. The molecule has 0 aliphatic heterocycles. The van der Waals surface area contributed by atoms with Crippen LogP contribution in [0.25, 0.3) is 56.1 Å². The van der Waals surface area contributed by atoms with Crippen LogP contribution in [-0.2, 0) is 0 Å². The summed E-state index contributed by atoms with van der Waals surface area (Å²) in [7, 11) is 0. The van der Waals surface area contributed by atoms with Crippen LogP contribution in [0.3, 0.4) is 0 Å². The van der Waals surface area contributed by atoms with Gasteiger partial charge in [-0.1, -0.05) is 18.2 Å². The smallest absolute Gasteiger partial charge is 0.159 e. The summed E-state index contributed by atoms with van der Waals surface area (Å²) >= 11 is 0. The van der Waals surface area contributed by atoms with E-state index in [4.69, 9.17) is 4.98 Å². The van der Waals surface area contributed by atoms with Gasteiger partial charge in [0.05, 0.1) is 34.3 Å². The van der Waals surface area contributed by atoms with E-state index in [1.165, 1.54) is 12.1 Å². The molecule has 31 heavy (non-hydrogen) atoms. The van der Waals surface area contributed by atoms with Gasteiger partial charge in [-0.25, -0.2) is 9.37 Å². The maximum atomic E-state index is 13.8. The van der Waals surface area contributed by atoms with Gasteiger partial charge in [0.15, 0.2) is 5.82 Å². The summed E-state index contributed by atoms with van der Waals surface area (Å²) in [5.41, 5.74) is 5.69. The third-order valence-electron chi connectivity index (χ3n) is 5.10. The molecule has 0 aliphatic carbocycles. The van der Waals surface area contributed by atoms with Gasteiger partial charge < -0.3 is 4.98 Å². The number of pyridine rings is 3. The van der Waals surface area contributed by atoms with E-state index >= 15 is 0 Å². The molecule has 0 aliphatic rings. The third-order valence-corrected chi connectivity index (χ3v) is 5.10. The van der Waals surface area contributed by atoms with Crippen LogP contribution in [0, 0.1) is 5.82 Å². The van der Waals surface area contributed by atoms with Crippen LogP contribution in [0.2, 0.25) is 0 Å². The van der Waals surface area contributed by atoms with Gasteiger partial charge in [-0.3, -0.25) is 20.1 Å². The highest BCUT2D eigenvalue weighted by Gasteiger charge is 2.17. The van der Waals surface area contributed by atoms with E-state index in [1.54, 1.807) is 24.7 Å². The molecule has 8 heteroatoms. The van der Waals surface area contributed by atoms with Crippen LogP contribution in [-0.4, -0.2) is 35.1 Å². The van der Waals surface area contributed by atoms with E-state index in [0.29, 0.717) is 28.3 Å². The van der Waals surface area contributed by atoms with E-state index in [9.17, 15) is 4.39 Å². The maximum Gasteiger partial charge on any atom is 0.159 e. The molecule has 7 nitrogen and oxygen atoms in total. The van der Waals surface area contributed by atoms with Crippen molar-refractivity contribution in [2.24, 2.45) is 0 Å². The minimum atomic E-state index is -0.320. The molecular formula is C23H14FN7. The first-order valence-electron chi connectivity index (χ1n) is 9.63. The zero-order chi connectivity index (χ0) is 20.8. The Morgan fingerprint density at radius 2 is 1.74 bits per heavy atom. The summed E-state index contributed by atoms with van der Waals surface area (Å²) in [5, 5.41) is 8.33. The van der Waals surface area contributed by atoms with Crippen LogP contribution in [0.5, 0.6) is 0 Å². The molecule has 148 valence electrons. The number of H-pyrrole nitrogens is 2.